The zero-order chi connectivity index (χ0) is 14.8. The number of aromatic hydroxyl groups is 1. The van der Waals surface area contributed by atoms with Gasteiger partial charge in [0.15, 0.2) is 11.6 Å². The molecule has 2 heterocycles. The van der Waals surface area contributed by atoms with Crippen LogP contribution < -0.4 is 11.1 Å². The molecule has 3 aromatic rings. The number of amides is 1. The van der Waals surface area contributed by atoms with Gasteiger partial charge >= 0.3 is 0 Å². The molecule has 0 aliphatic carbocycles. The van der Waals surface area contributed by atoms with E-state index >= 15 is 0 Å². The number of carbonyl (C=O) groups is 1. The molecule has 104 valence electrons. The summed E-state index contributed by atoms with van der Waals surface area (Å²) in [4.78, 5) is 20.3. The van der Waals surface area contributed by atoms with Crippen LogP contribution >= 0.6 is 0 Å². The first-order valence-electron chi connectivity index (χ1n) is 6.26. The number of fused-ring (bicyclic) bond motifs is 1. The first kappa shape index (κ1) is 12.9. The van der Waals surface area contributed by atoms with Gasteiger partial charge in [-0.2, -0.15) is 0 Å². The van der Waals surface area contributed by atoms with E-state index < -0.39 is 5.91 Å². The monoisotopic (exact) mass is 280 g/mol. The van der Waals surface area contributed by atoms with E-state index in [0.29, 0.717) is 11.2 Å². The predicted molar refractivity (Wildman–Crippen MR) is 80.0 cm³/mol. The molecule has 0 saturated heterocycles. The van der Waals surface area contributed by atoms with Crippen molar-refractivity contribution < 1.29 is 9.90 Å². The lowest BCUT2D eigenvalue weighted by molar-refractivity contribution is 0.102. The van der Waals surface area contributed by atoms with Gasteiger partial charge in [0, 0.05) is 17.3 Å². The van der Waals surface area contributed by atoms with Crippen molar-refractivity contribution in [3.63, 3.8) is 0 Å². The van der Waals surface area contributed by atoms with Crippen molar-refractivity contribution in [1.29, 1.82) is 0 Å². The molecular weight excluding hydrogens is 268 g/mol. The van der Waals surface area contributed by atoms with Crippen LogP contribution in [0, 0.1) is 0 Å². The number of hydrogen-bond acceptors (Lipinski definition) is 5. The first-order valence-corrected chi connectivity index (χ1v) is 6.26. The highest BCUT2D eigenvalue weighted by Crippen LogP contribution is 2.22. The molecule has 6 heteroatoms. The molecule has 0 spiro atoms. The summed E-state index contributed by atoms with van der Waals surface area (Å²) in [6.45, 7) is 0. The van der Waals surface area contributed by atoms with Crippen LogP contribution in [0.1, 0.15) is 10.5 Å². The third-order valence-electron chi connectivity index (χ3n) is 3.00. The van der Waals surface area contributed by atoms with Gasteiger partial charge in [0.05, 0.1) is 5.52 Å². The summed E-state index contributed by atoms with van der Waals surface area (Å²) in [7, 11) is 0. The highest BCUT2D eigenvalue weighted by atomic mass is 16.3. The maximum Gasteiger partial charge on any atom is 0.275 e. The molecule has 4 N–H and O–H groups in total. The summed E-state index contributed by atoms with van der Waals surface area (Å²) in [6, 6.07) is 11.8. The third kappa shape index (κ3) is 2.46. The number of para-hydroxylation sites is 1. The van der Waals surface area contributed by atoms with E-state index in [1.165, 1.54) is 18.3 Å². The fourth-order valence-electron chi connectivity index (χ4n) is 1.98. The normalized spacial score (nSPS) is 10.5. The van der Waals surface area contributed by atoms with E-state index in [2.05, 4.69) is 15.3 Å². The smallest absolute Gasteiger partial charge is 0.275 e. The Morgan fingerprint density at radius 3 is 2.81 bits per heavy atom. The van der Waals surface area contributed by atoms with E-state index in [9.17, 15) is 9.90 Å². The quantitative estimate of drug-likeness (QED) is 0.667. The number of benzene rings is 1. The van der Waals surface area contributed by atoms with Crippen molar-refractivity contribution in [2.45, 2.75) is 0 Å². The fourth-order valence-corrected chi connectivity index (χ4v) is 1.98. The van der Waals surface area contributed by atoms with Gasteiger partial charge in [-0.15, -0.1) is 0 Å². The van der Waals surface area contributed by atoms with E-state index in [4.69, 9.17) is 5.73 Å². The summed E-state index contributed by atoms with van der Waals surface area (Å²) >= 11 is 0. The second-order valence-corrected chi connectivity index (χ2v) is 4.44. The average molecular weight is 280 g/mol. The summed E-state index contributed by atoms with van der Waals surface area (Å²) in [5.41, 5.74) is 7.20. The Hall–Kier alpha value is -3.15. The maximum absolute atomic E-state index is 12.2. The third-order valence-corrected chi connectivity index (χ3v) is 3.00. The minimum absolute atomic E-state index is 0.0797. The Morgan fingerprint density at radius 2 is 2.00 bits per heavy atom. The van der Waals surface area contributed by atoms with E-state index in [1.807, 2.05) is 18.2 Å². The summed E-state index contributed by atoms with van der Waals surface area (Å²) < 4.78 is 0. The maximum atomic E-state index is 12.2. The Kier molecular flexibility index (Phi) is 3.12. The molecule has 0 bridgehead atoms. The van der Waals surface area contributed by atoms with Crippen molar-refractivity contribution in [2.75, 3.05) is 11.1 Å². The van der Waals surface area contributed by atoms with Crippen LogP contribution in [0.25, 0.3) is 10.9 Å². The van der Waals surface area contributed by atoms with Gasteiger partial charge in [-0.05, 0) is 24.3 Å². The number of aromatic nitrogens is 2. The number of carbonyl (C=O) groups excluding carboxylic acids is 1. The van der Waals surface area contributed by atoms with Gasteiger partial charge in [-0.3, -0.25) is 4.79 Å². The summed E-state index contributed by atoms with van der Waals surface area (Å²) in [5, 5.41) is 12.9. The molecule has 0 aliphatic heterocycles. The van der Waals surface area contributed by atoms with Crippen LogP contribution in [-0.2, 0) is 0 Å². The Balaban J connectivity index is 1.97. The number of nitrogens with one attached hydrogen (secondary N) is 1. The van der Waals surface area contributed by atoms with Crippen LogP contribution in [0.15, 0.2) is 48.7 Å². The number of anilines is 2. The van der Waals surface area contributed by atoms with Crippen molar-refractivity contribution >= 4 is 28.3 Å². The van der Waals surface area contributed by atoms with E-state index in [-0.39, 0.29) is 17.3 Å². The number of pyridine rings is 2. The molecule has 0 fully saturated rings. The van der Waals surface area contributed by atoms with Crippen LogP contribution in [0.4, 0.5) is 11.5 Å². The summed E-state index contributed by atoms with van der Waals surface area (Å²) in [6.07, 6.45) is 1.47. The van der Waals surface area contributed by atoms with Crippen LogP contribution in [0.5, 0.6) is 5.75 Å². The van der Waals surface area contributed by atoms with Crippen LogP contribution in [0.3, 0.4) is 0 Å². The second kappa shape index (κ2) is 5.09. The number of hydrogen-bond donors (Lipinski definition) is 3. The Morgan fingerprint density at radius 1 is 1.19 bits per heavy atom. The first-order chi connectivity index (χ1) is 10.1. The number of nitrogens with two attached hydrogens (primary N) is 1. The lowest BCUT2D eigenvalue weighted by Crippen LogP contribution is -2.15. The van der Waals surface area contributed by atoms with Gasteiger partial charge < -0.3 is 16.2 Å². The van der Waals surface area contributed by atoms with Crippen molar-refractivity contribution in [1.82, 2.24) is 9.97 Å². The molecule has 1 amide bonds. The van der Waals surface area contributed by atoms with Crippen molar-refractivity contribution in [2.24, 2.45) is 0 Å². The topological polar surface area (TPSA) is 101 Å². The highest BCUT2D eigenvalue weighted by Gasteiger charge is 2.13. The van der Waals surface area contributed by atoms with Crippen LogP contribution in [-0.4, -0.2) is 21.0 Å². The lowest BCUT2D eigenvalue weighted by Gasteiger charge is -2.07. The molecule has 6 nitrogen and oxygen atoms in total. The molecule has 0 atom stereocenters. The molecule has 0 unspecified atom stereocenters. The zero-order valence-corrected chi connectivity index (χ0v) is 10.9. The summed E-state index contributed by atoms with van der Waals surface area (Å²) in [5.74, 6) is -0.517. The highest BCUT2D eigenvalue weighted by molar-refractivity contribution is 6.06. The van der Waals surface area contributed by atoms with Crippen molar-refractivity contribution in [3.05, 3.63) is 54.4 Å². The molecule has 0 aliphatic rings. The van der Waals surface area contributed by atoms with Gasteiger partial charge in [-0.25, -0.2) is 9.97 Å². The number of rotatable bonds is 2. The minimum atomic E-state index is -0.485. The average Bonchev–Trinajstić information content (AvgIpc) is 2.49. The lowest BCUT2D eigenvalue weighted by atomic mass is 10.1. The molecule has 21 heavy (non-hydrogen) atoms. The largest absolute Gasteiger partial charge is 0.504 e. The Labute approximate surface area is 120 Å². The molecule has 2 aromatic heterocycles. The molecular formula is C15H12N4O2. The van der Waals surface area contributed by atoms with Gasteiger partial charge in [0.1, 0.15) is 5.69 Å². The van der Waals surface area contributed by atoms with Gasteiger partial charge in [-0.1, -0.05) is 18.2 Å². The van der Waals surface area contributed by atoms with Gasteiger partial charge in [0.2, 0.25) is 0 Å². The number of nitrogens with zero attached hydrogens (tertiary/aromatic N) is 2. The zero-order valence-electron chi connectivity index (χ0n) is 10.9. The molecule has 0 saturated carbocycles. The SMILES string of the molecule is Nc1cc(C(=O)Nc2ncccc2O)nc2ccccc12. The molecule has 1 aromatic carbocycles. The fraction of sp³-hybridized carbons (Fsp3) is 0. The van der Waals surface area contributed by atoms with Crippen molar-refractivity contribution in [3.8, 4) is 5.75 Å². The Bertz CT molecular complexity index is 833. The predicted octanol–water partition coefficient (Wildman–Crippen LogP) is 2.17. The van der Waals surface area contributed by atoms with E-state index in [0.717, 1.165) is 5.39 Å². The molecule has 3 rings (SSSR count). The van der Waals surface area contributed by atoms with Gasteiger partial charge in [0.25, 0.3) is 5.91 Å². The van der Waals surface area contributed by atoms with Crippen LogP contribution in [0.2, 0.25) is 0 Å². The standard InChI is InChI=1S/C15H12N4O2/c16-10-8-12(18-11-5-2-1-4-9(10)11)15(21)19-14-13(20)6-3-7-17-14/h1-8,20H,(H2,16,18)(H,17,19,21). The number of nitrogen functional groups attached to an aromatic ring is 1. The molecule has 0 radical (unpaired) electrons. The second-order valence-electron chi connectivity index (χ2n) is 4.44. The minimum Gasteiger partial charge on any atom is -0.504 e. The van der Waals surface area contributed by atoms with E-state index in [1.54, 1.807) is 12.1 Å².